The first-order valence-corrected chi connectivity index (χ1v) is 5.30. The number of halogens is 1. The molecule has 78 valence electrons. The van der Waals surface area contributed by atoms with Gasteiger partial charge in [-0.3, -0.25) is 0 Å². The molecule has 1 nitrogen and oxygen atoms in total. The smallest absolute Gasteiger partial charge is 0.103 e. The molecule has 0 saturated carbocycles. The summed E-state index contributed by atoms with van der Waals surface area (Å²) < 4.78 is 0. The van der Waals surface area contributed by atoms with E-state index in [2.05, 4.69) is 31.2 Å². The third kappa shape index (κ3) is 2.49. The van der Waals surface area contributed by atoms with E-state index in [0.29, 0.717) is 0 Å². The standard InChI is InChI=1S/C12H17N.ClH/c1-2-8-13-9-7-11-5-3-4-6-12(11)10-13;/h3-6H,2,7-10H2,1H3;1H. The lowest BCUT2D eigenvalue weighted by Gasteiger charge is -2.25. The van der Waals surface area contributed by atoms with Gasteiger partial charge < -0.3 is 17.3 Å². The monoisotopic (exact) mass is 211 g/mol. The van der Waals surface area contributed by atoms with Gasteiger partial charge in [0.25, 0.3) is 0 Å². The van der Waals surface area contributed by atoms with E-state index >= 15 is 0 Å². The largest absolute Gasteiger partial charge is 1.00 e. The molecule has 0 bridgehead atoms. The van der Waals surface area contributed by atoms with Crippen LogP contribution in [0, 0.1) is 0 Å². The summed E-state index contributed by atoms with van der Waals surface area (Å²) in [5, 5.41) is 0. The van der Waals surface area contributed by atoms with E-state index in [-0.39, 0.29) is 12.4 Å². The minimum absolute atomic E-state index is 0. The molecule has 0 amide bonds. The number of nitrogens with one attached hydrogen (secondary N) is 1. The molecule has 1 N–H and O–H groups in total. The van der Waals surface area contributed by atoms with Gasteiger partial charge in [0.05, 0.1) is 13.1 Å². The molecule has 2 heteroatoms. The van der Waals surface area contributed by atoms with Crippen LogP contribution in [0.25, 0.3) is 0 Å². The van der Waals surface area contributed by atoms with Crippen molar-refractivity contribution in [3.63, 3.8) is 0 Å². The first kappa shape index (κ1) is 11.5. The molecule has 0 saturated heterocycles. The lowest BCUT2D eigenvalue weighted by atomic mass is 10.00. The van der Waals surface area contributed by atoms with Crippen LogP contribution in [0.1, 0.15) is 24.5 Å². The zero-order valence-corrected chi connectivity index (χ0v) is 9.48. The summed E-state index contributed by atoms with van der Waals surface area (Å²) in [6, 6.07) is 8.87. The van der Waals surface area contributed by atoms with Gasteiger partial charge in [-0.05, 0) is 12.0 Å². The Labute approximate surface area is 92.5 Å². The maximum atomic E-state index is 2.28. The highest BCUT2D eigenvalue weighted by Gasteiger charge is 2.17. The van der Waals surface area contributed by atoms with E-state index in [9.17, 15) is 0 Å². The van der Waals surface area contributed by atoms with Gasteiger partial charge in [0.1, 0.15) is 6.54 Å². The average Bonchev–Trinajstić information content (AvgIpc) is 2.18. The Morgan fingerprint density at radius 1 is 1.21 bits per heavy atom. The van der Waals surface area contributed by atoms with Crippen molar-refractivity contribution >= 4 is 0 Å². The molecule has 1 atom stereocenters. The van der Waals surface area contributed by atoms with Gasteiger partial charge >= 0.3 is 0 Å². The van der Waals surface area contributed by atoms with Gasteiger partial charge in [-0.2, -0.15) is 0 Å². The summed E-state index contributed by atoms with van der Waals surface area (Å²) in [5.41, 5.74) is 3.14. The van der Waals surface area contributed by atoms with E-state index < -0.39 is 0 Å². The topological polar surface area (TPSA) is 4.44 Å². The third-order valence-corrected chi connectivity index (χ3v) is 2.91. The molecule has 0 aromatic heterocycles. The predicted molar refractivity (Wildman–Crippen MR) is 54.8 cm³/mol. The van der Waals surface area contributed by atoms with Crippen LogP contribution in [0.15, 0.2) is 24.3 Å². The highest BCUT2D eigenvalue weighted by molar-refractivity contribution is 5.27. The van der Waals surface area contributed by atoms with Crippen molar-refractivity contribution in [2.45, 2.75) is 26.3 Å². The van der Waals surface area contributed by atoms with Gasteiger partial charge in [-0.25, -0.2) is 0 Å². The fraction of sp³-hybridized carbons (Fsp3) is 0.500. The van der Waals surface area contributed by atoms with Gasteiger partial charge in [0.2, 0.25) is 0 Å². The van der Waals surface area contributed by atoms with E-state index in [1.807, 2.05) is 0 Å². The third-order valence-electron chi connectivity index (χ3n) is 2.91. The Balaban J connectivity index is 0.000000980. The quantitative estimate of drug-likeness (QED) is 0.580. The highest BCUT2D eigenvalue weighted by Crippen LogP contribution is 2.10. The zero-order chi connectivity index (χ0) is 9.10. The molecule has 0 radical (unpaired) electrons. The maximum absolute atomic E-state index is 2.28. The molecule has 0 spiro atoms. The van der Waals surface area contributed by atoms with Crippen LogP contribution in [-0.4, -0.2) is 13.1 Å². The van der Waals surface area contributed by atoms with E-state index in [1.165, 1.54) is 32.5 Å². The average molecular weight is 212 g/mol. The number of hydrogen-bond acceptors (Lipinski definition) is 0. The molecule has 1 unspecified atom stereocenters. The SMILES string of the molecule is CCC[NH+]1CCc2ccccc2C1.[Cl-]. The number of benzene rings is 1. The first-order valence-electron chi connectivity index (χ1n) is 5.30. The van der Waals surface area contributed by atoms with Crippen LogP contribution < -0.4 is 17.3 Å². The molecule has 14 heavy (non-hydrogen) atoms. The van der Waals surface area contributed by atoms with Crippen LogP contribution in [-0.2, 0) is 13.0 Å². The number of fused-ring (bicyclic) bond motifs is 1. The number of quaternary nitrogens is 1. The molecule has 1 aromatic rings. The maximum Gasteiger partial charge on any atom is 0.103 e. The van der Waals surface area contributed by atoms with E-state index in [1.54, 1.807) is 16.0 Å². The Hall–Kier alpha value is -0.530. The van der Waals surface area contributed by atoms with Crippen LogP contribution in [0.4, 0.5) is 0 Å². The minimum Gasteiger partial charge on any atom is -1.00 e. The zero-order valence-electron chi connectivity index (χ0n) is 8.72. The Kier molecular flexibility index (Phi) is 4.43. The summed E-state index contributed by atoms with van der Waals surface area (Å²) in [6.07, 6.45) is 2.57. The van der Waals surface area contributed by atoms with E-state index in [0.717, 1.165) is 0 Å². The van der Waals surface area contributed by atoms with Crippen molar-refractivity contribution < 1.29 is 17.3 Å². The van der Waals surface area contributed by atoms with Crippen LogP contribution in [0.3, 0.4) is 0 Å². The van der Waals surface area contributed by atoms with Gasteiger partial charge in [0.15, 0.2) is 0 Å². The second-order valence-corrected chi connectivity index (χ2v) is 3.95. The second-order valence-electron chi connectivity index (χ2n) is 3.95. The fourth-order valence-corrected chi connectivity index (χ4v) is 2.21. The molecule has 1 aliphatic rings. The van der Waals surface area contributed by atoms with Crippen molar-refractivity contribution in [2.24, 2.45) is 0 Å². The summed E-state index contributed by atoms with van der Waals surface area (Å²) in [6.45, 7) is 6.16. The lowest BCUT2D eigenvalue weighted by molar-refractivity contribution is -0.916. The van der Waals surface area contributed by atoms with Gasteiger partial charge in [-0.1, -0.05) is 31.2 Å². The Morgan fingerprint density at radius 2 is 1.93 bits per heavy atom. The minimum atomic E-state index is 0. The number of rotatable bonds is 2. The Morgan fingerprint density at radius 3 is 2.64 bits per heavy atom. The fourth-order valence-electron chi connectivity index (χ4n) is 2.21. The van der Waals surface area contributed by atoms with Crippen LogP contribution in [0.2, 0.25) is 0 Å². The van der Waals surface area contributed by atoms with Gasteiger partial charge in [0, 0.05) is 12.0 Å². The predicted octanol–water partition coefficient (Wildman–Crippen LogP) is -1.96. The summed E-state index contributed by atoms with van der Waals surface area (Å²) in [4.78, 5) is 1.75. The number of hydrogen-bond donors (Lipinski definition) is 1. The first-order chi connectivity index (χ1) is 6.40. The molecular formula is C12H18ClN. The molecule has 0 fully saturated rings. The summed E-state index contributed by atoms with van der Waals surface area (Å²) in [7, 11) is 0. The van der Waals surface area contributed by atoms with Crippen LogP contribution >= 0.6 is 0 Å². The molecular weight excluding hydrogens is 194 g/mol. The van der Waals surface area contributed by atoms with Crippen molar-refractivity contribution in [3.8, 4) is 0 Å². The summed E-state index contributed by atoms with van der Waals surface area (Å²) >= 11 is 0. The highest BCUT2D eigenvalue weighted by atomic mass is 35.5. The lowest BCUT2D eigenvalue weighted by Crippen LogP contribution is -3.11. The normalized spacial score (nSPS) is 19.6. The van der Waals surface area contributed by atoms with Crippen molar-refractivity contribution in [1.82, 2.24) is 0 Å². The molecule has 1 aromatic carbocycles. The van der Waals surface area contributed by atoms with E-state index in [4.69, 9.17) is 0 Å². The van der Waals surface area contributed by atoms with Crippen molar-refractivity contribution in [2.75, 3.05) is 13.1 Å². The van der Waals surface area contributed by atoms with Gasteiger partial charge in [-0.15, -0.1) is 0 Å². The summed E-state index contributed by atoms with van der Waals surface area (Å²) in [5.74, 6) is 0. The van der Waals surface area contributed by atoms with Crippen LogP contribution in [0.5, 0.6) is 0 Å². The van der Waals surface area contributed by atoms with Crippen molar-refractivity contribution in [1.29, 1.82) is 0 Å². The molecule has 1 heterocycles. The molecule has 2 rings (SSSR count). The Bertz CT molecular complexity index is 285. The van der Waals surface area contributed by atoms with Crippen molar-refractivity contribution in [3.05, 3.63) is 35.4 Å². The molecule has 0 aliphatic carbocycles. The second kappa shape index (κ2) is 5.38. The molecule has 1 aliphatic heterocycles.